The molecule has 0 spiro atoms. The lowest BCUT2D eigenvalue weighted by molar-refractivity contribution is -0.138. The van der Waals surface area contributed by atoms with Gasteiger partial charge < -0.3 is 10.4 Å². The van der Waals surface area contributed by atoms with E-state index in [1.54, 1.807) is 12.1 Å². The molecular weight excluding hydrogens is 345 g/mol. The highest BCUT2D eigenvalue weighted by Gasteiger charge is 2.33. The van der Waals surface area contributed by atoms with Gasteiger partial charge in [-0.05, 0) is 36.8 Å². The lowest BCUT2D eigenvalue weighted by atomic mass is 10.1. The average molecular weight is 364 g/mol. The number of nitrogens with one attached hydrogen (secondary N) is 1. The van der Waals surface area contributed by atoms with Crippen LogP contribution >= 0.6 is 0 Å². The molecule has 1 aliphatic rings. The summed E-state index contributed by atoms with van der Waals surface area (Å²) in [6.07, 6.45) is -4.60. The van der Waals surface area contributed by atoms with Crippen molar-refractivity contribution >= 4 is 23.0 Å². The van der Waals surface area contributed by atoms with Crippen molar-refractivity contribution in [2.75, 3.05) is 5.32 Å². The van der Waals surface area contributed by atoms with Crippen LogP contribution in [0.1, 0.15) is 37.0 Å². The summed E-state index contributed by atoms with van der Waals surface area (Å²) in [6.45, 7) is 5.35. The van der Waals surface area contributed by atoms with E-state index in [4.69, 9.17) is 0 Å². The molecule has 3 rings (SSSR count). The maximum atomic E-state index is 13.0. The van der Waals surface area contributed by atoms with Crippen molar-refractivity contribution in [3.05, 3.63) is 53.1 Å². The Kier molecular flexibility index (Phi) is 5.69. The third-order valence-corrected chi connectivity index (χ3v) is 3.68. The van der Waals surface area contributed by atoms with Gasteiger partial charge in [0, 0.05) is 5.56 Å². The number of anilines is 1. The van der Waals surface area contributed by atoms with Gasteiger partial charge in [-0.3, -0.25) is 9.79 Å². The summed E-state index contributed by atoms with van der Waals surface area (Å²) in [7, 11) is 0. The van der Waals surface area contributed by atoms with Crippen molar-refractivity contribution in [1.29, 1.82) is 0 Å². The first kappa shape index (κ1) is 19.5. The Hall–Kier alpha value is -2.83. The van der Waals surface area contributed by atoms with E-state index in [0.29, 0.717) is 11.3 Å². The van der Waals surface area contributed by atoms with Crippen LogP contribution in [-0.2, 0) is 11.0 Å². The summed E-state index contributed by atoms with van der Waals surface area (Å²) in [4.78, 5) is 16.4. The number of hydrogen-bond donors (Lipinski definition) is 2. The number of aromatic hydroxyl groups is 1. The first-order chi connectivity index (χ1) is 12.2. The second-order valence-electron chi connectivity index (χ2n) is 5.52. The zero-order valence-electron chi connectivity index (χ0n) is 14.6. The van der Waals surface area contributed by atoms with Gasteiger partial charge in [-0.15, -0.1) is 0 Å². The van der Waals surface area contributed by atoms with Crippen LogP contribution in [0.5, 0.6) is 5.75 Å². The summed E-state index contributed by atoms with van der Waals surface area (Å²) < 4.78 is 39.1. The molecule has 138 valence electrons. The molecule has 0 saturated heterocycles. The fourth-order valence-electron chi connectivity index (χ4n) is 2.57. The Morgan fingerprint density at radius 1 is 1.15 bits per heavy atom. The van der Waals surface area contributed by atoms with E-state index in [1.165, 1.54) is 25.1 Å². The molecule has 0 fully saturated rings. The molecule has 0 unspecified atom stereocenters. The predicted octanol–water partition coefficient (Wildman–Crippen LogP) is 5.21. The number of benzene rings is 2. The number of rotatable bonds is 1. The Bertz CT molecular complexity index is 858. The van der Waals surface area contributed by atoms with Gasteiger partial charge >= 0.3 is 6.18 Å². The van der Waals surface area contributed by atoms with Crippen molar-refractivity contribution < 1.29 is 23.1 Å². The molecule has 0 aliphatic carbocycles. The minimum absolute atomic E-state index is 0.0173. The number of aliphatic imine (C=N–C) groups is 1. The third kappa shape index (κ3) is 4.22. The Morgan fingerprint density at radius 3 is 2.46 bits per heavy atom. The molecule has 2 aromatic carbocycles. The number of phenols is 1. The highest BCUT2D eigenvalue weighted by Crippen LogP contribution is 2.39. The van der Waals surface area contributed by atoms with Crippen molar-refractivity contribution in [2.24, 2.45) is 4.99 Å². The molecule has 26 heavy (non-hydrogen) atoms. The fraction of sp³-hybridized carbons (Fsp3) is 0.263. The van der Waals surface area contributed by atoms with Crippen molar-refractivity contribution in [1.82, 2.24) is 0 Å². The number of carbonyl (C=O) groups is 1. The van der Waals surface area contributed by atoms with Gasteiger partial charge in [0.1, 0.15) is 5.75 Å². The summed E-state index contributed by atoms with van der Waals surface area (Å²) in [6, 6.07) is 8.41. The van der Waals surface area contributed by atoms with Crippen LogP contribution in [0.3, 0.4) is 0 Å². The van der Waals surface area contributed by atoms with Crippen molar-refractivity contribution in [2.45, 2.75) is 33.4 Å². The minimum Gasteiger partial charge on any atom is -0.508 e. The first-order valence-corrected chi connectivity index (χ1v) is 8.13. The first-order valence-electron chi connectivity index (χ1n) is 8.13. The summed E-state index contributed by atoms with van der Waals surface area (Å²) >= 11 is 0. The molecule has 0 bridgehead atoms. The standard InChI is InChI=1S/C17H13F3N2O2.C2H6/c1-9-5-14-15(7-12(9)17(18,19)20)22-16(24)8-13(21-14)10-3-2-4-11(23)6-10;1-2/h2-7,23H,8H2,1H3,(H,22,24);1-2H3. The Balaban J connectivity index is 0.00000117. The lowest BCUT2D eigenvalue weighted by Crippen LogP contribution is -2.15. The number of carbonyl (C=O) groups excluding carboxylic acids is 1. The minimum atomic E-state index is -4.51. The van der Waals surface area contributed by atoms with E-state index in [9.17, 15) is 23.1 Å². The lowest BCUT2D eigenvalue weighted by Gasteiger charge is -2.13. The van der Waals surface area contributed by atoms with Crippen LogP contribution in [0.2, 0.25) is 0 Å². The molecule has 0 saturated carbocycles. The molecule has 7 heteroatoms. The molecule has 1 aliphatic heterocycles. The number of aryl methyl sites for hydroxylation is 1. The molecule has 4 nitrogen and oxygen atoms in total. The van der Waals surface area contributed by atoms with Crippen LogP contribution in [0, 0.1) is 6.92 Å². The topological polar surface area (TPSA) is 61.7 Å². The molecule has 0 radical (unpaired) electrons. The summed E-state index contributed by atoms with van der Waals surface area (Å²) in [5.74, 6) is -0.448. The molecule has 0 aromatic heterocycles. The van der Waals surface area contributed by atoms with E-state index in [2.05, 4.69) is 10.3 Å². The average Bonchev–Trinajstić information content (AvgIpc) is 2.73. The molecule has 1 heterocycles. The highest BCUT2D eigenvalue weighted by atomic mass is 19.4. The second kappa shape index (κ2) is 7.59. The van der Waals surface area contributed by atoms with E-state index in [1.807, 2.05) is 13.8 Å². The van der Waals surface area contributed by atoms with Crippen LogP contribution in [-0.4, -0.2) is 16.7 Å². The zero-order valence-corrected chi connectivity index (χ0v) is 14.6. The molecule has 2 N–H and O–H groups in total. The fourth-order valence-corrected chi connectivity index (χ4v) is 2.57. The van der Waals surface area contributed by atoms with Gasteiger partial charge in [0.15, 0.2) is 0 Å². The molecule has 2 aromatic rings. The smallest absolute Gasteiger partial charge is 0.416 e. The number of fused-ring (bicyclic) bond motifs is 1. The van der Waals surface area contributed by atoms with Gasteiger partial charge in [0.25, 0.3) is 0 Å². The third-order valence-electron chi connectivity index (χ3n) is 3.68. The maximum Gasteiger partial charge on any atom is 0.416 e. The van der Waals surface area contributed by atoms with Gasteiger partial charge in [0.05, 0.1) is 29.1 Å². The molecule has 0 atom stereocenters. The Morgan fingerprint density at radius 2 is 1.85 bits per heavy atom. The highest BCUT2D eigenvalue weighted by molar-refractivity contribution is 6.17. The van der Waals surface area contributed by atoms with E-state index in [-0.39, 0.29) is 29.1 Å². The van der Waals surface area contributed by atoms with E-state index >= 15 is 0 Å². The zero-order chi connectivity index (χ0) is 19.5. The van der Waals surface area contributed by atoms with E-state index in [0.717, 1.165) is 6.07 Å². The molecule has 1 amide bonds. The number of amides is 1. The maximum absolute atomic E-state index is 13.0. The Labute approximate surface area is 149 Å². The molecular formula is C19H19F3N2O2. The number of nitrogens with zero attached hydrogens (tertiary/aromatic N) is 1. The van der Waals surface area contributed by atoms with E-state index < -0.39 is 17.6 Å². The van der Waals surface area contributed by atoms with Crippen LogP contribution in [0.15, 0.2) is 41.4 Å². The summed E-state index contributed by atoms with van der Waals surface area (Å²) in [5, 5.41) is 12.0. The number of alkyl halides is 3. The number of halogens is 3. The van der Waals surface area contributed by atoms with Gasteiger partial charge in [-0.2, -0.15) is 13.2 Å². The van der Waals surface area contributed by atoms with Gasteiger partial charge in [0.2, 0.25) is 5.91 Å². The van der Waals surface area contributed by atoms with Gasteiger partial charge in [-0.1, -0.05) is 26.0 Å². The van der Waals surface area contributed by atoms with Crippen molar-refractivity contribution in [3.8, 4) is 5.75 Å². The normalized spacial score (nSPS) is 13.6. The quantitative estimate of drug-likeness (QED) is 0.730. The second-order valence-corrected chi connectivity index (χ2v) is 5.52. The van der Waals surface area contributed by atoms with Gasteiger partial charge in [-0.25, -0.2) is 0 Å². The summed E-state index contributed by atoms with van der Waals surface area (Å²) in [5.41, 5.74) is 0.406. The number of phenolic OH excluding ortho intramolecular Hbond substituents is 1. The SMILES string of the molecule is CC.Cc1cc2c(cc1C(F)(F)F)NC(=O)CC(c1cccc(O)c1)=N2. The number of hydrogen-bond acceptors (Lipinski definition) is 3. The predicted molar refractivity (Wildman–Crippen MR) is 95.1 cm³/mol. The van der Waals surface area contributed by atoms with Crippen molar-refractivity contribution in [3.63, 3.8) is 0 Å². The largest absolute Gasteiger partial charge is 0.508 e. The van der Waals surface area contributed by atoms with Crippen LogP contribution < -0.4 is 5.32 Å². The van der Waals surface area contributed by atoms with Crippen LogP contribution in [0.4, 0.5) is 24.5 Å². The van der Waals surface area contributed by atoms with Crippen LogP contribution in [0.25, 0.3) is 0 Å². The monoisotopic (exact) mass is 364 g/mol.